The fraction of sp³-hybridized carbons (Fsp3) is 0.176. The molecule has 0 unspecified atom stereocenters. The molecule has 2 aromatic heterocycles. The minimum absolute atomic E-state index is 0.829. The van der Waals surface area contributed by atoms with Gasteiger partial charge in [-0.25, -0.2) is 9.97 Å². The molecule has 0 saturated heterocycles. The second-order valence-electron chi connectivity index (χ2n) is 5.15. The molecule has 0 bridgehead atoms. The van der Waals surface area contributed by atoms with Gasteiger partial charge in [0.2, 0.25) is 5.95 Å². The Morgan fingerprint density at radius 2 is 1.95 bits per heavy atom. The van der Waals surface area contributed by atoms with E-state index in [4.69, 9.17) is 4.98 Å². The molecular formula is C17H15N3S. The molecule has 3 aromatic rings. The highest BCUT2D eigenvalue weighted by atomic mass is 32.1. The molecule has 0 amide bonds. The van der Waals surface area contributed by atoms with E-state index >= 15 is 0 Å². The standard InChI is InChI=1S/C17H15N3S/c1-2-4-13(5-3-1)15-6-9-18-17(19-15)20-10-7-14-8-11-21-16(14)12-20/h1-6,8-9,11H,7,10,12H2. The van der Waals surface area contributed by atoms with Crippen molar-refractivity contribution in [1.29, 1.82) is 0 Å². The van der Waals surface area contributed by atoms with Gasteiger partial charge >= 0.3 is 0 Å². The minimum atomic E-state index is 0.829. The minimum Gasteiger partial charge on any atom is -0.335 e. The Morgan fingerprint density at radius 1 is 1.05 bits per heavy atom. The second-order valence-corrected chi connectivity index (χ2v) is 6.15. The summed E-state index contributed by atoms with van der Waals surface area (Å²) in [6, 6.07) is 14.5. The number of aromatic nitrogens is 2. The van der Waals surface area contributed by atoms with E-state index in [0.29, 0.717) is 0 Å². The number of fused-ring (bicyclic) bond motifs is 1. The molecule has 0 radical (unpaired) electrons. The van der Waals surface area contributed by atoms with Crippen molar-refractivity contribution in [2.75, 3.05) is 11.4 Å². The molecule has 104 valence electrons. The number of benzene rings is 1. The number of rotatable bonds is 2. The Morgan fingerprint density at radius 3 is 2.86 bits per heavy atom. The van der Waals surface area contributed by atoms with Gasteiger partial charge in [0.15, 0.2) is 0 Å². The average Bonchev–Trinajstić information content (AvgIpc) is 3.03. The fourth-order valence-electron chi connectivity index (χ4n) is 2.68. The highest BCUT2D eigenvalue weighted by Crippen LogP contribution is 2.27. The average molecular weight is 293 g/mol. The topological polar surface area (TPSA) is 29.0 Å². The van der Waals surface area contributed by atoms with Gasteiger partial charge in [-0.3, -0.25) is 0 Å². The predicted octanol–water partition coefficient (Wildman–Crippen LogP) is 3.77. The Balaban J connectivity index is 1.65. The Kier molecular flexibility index (Phi) is 3.16. The third kappa shape index (κ3) is 2.43. The quantitative estimate of drug-likeness (QED) is 0.720. The summed E-state index contributed by atoms with van der Waals surface area (Å²) in [5.74, 6) is 0.829. The molecule has 0 N–H and O–H groups in total. The summed E-state index contributed by atoms with van der Waals surface area (Å²) in [6.45, 7) is 1.91. The molecule has 3 nitrogen and oxygen atoms in total. The molecular weight excluding hydrogens is 278 g/mol. The molecule has 0 saturated carbocycles. The third-order valence-corrected chi connectivity index (χ3v) is 4.77. The smallest absolute Gasteiger partial charge is 0.226 e. The number of thiophene rings is 1. The highest BCUT2D eigenvalue weighted by Gasteiger charge is 2.19. The van der Waals surface area contributed by atoms with Crippen LogP contribution in [0.4, 0.5) is 5.95 Å². The maximum Gasteiger partial charge on any atom is 0.226 e. The number of nitrogens with zero attached hydrogens (tertiary/aromatic N) is 3. The Bertz CT molecular complexity index is 751. The third-order valence-electron chi connectivity index (χ3n) is 3.82. The maximum absolute atomic E-state index is 4.74. The van der Waals surface area contributed by atoms with Crippen molar-refractivity contribution in [3.63, 3.8) is 0 Å². The summed E-state index contributed by atoms with van der Waals surface area (Å²) in [4.78, 5) is 12.9. The lowest BCUT2D eigenvalue weighted by Gasteiger charge is -2.27. The predicted molar refractivity (Wildman–Crippen MR) is 86.5 cm³/mol. The highest BCUT2D eigenvalue weighted by molar-refractivity contribution is 7.10. The van der Waals surface area contributed by atoms with Crippen LogP contribution in [0.15, 0.2) is 54.0 Å². The van der Waals surface area contributed by atoms with Gasteiger partial charge in [0.1, 0.15) is 0 Å². The summed E-state index contributed by atoms with van der Waals surface area (Å²) < 4.78 is 0. The first-order valence-corrected chi connectivity index (χ1v) is 7.97. The van der Waals surface area contributed by atoms with Crippen molar-refractivity contribution >= 4 is 17.3 Å². The van der Waals surface area contributed by atoms with Gasteiger partial charge in [-0.15, -0.1) is 11.3 Å². The summed E-state index contributed by atoms with van der Waals surface area (Å²) in [6.07, 6.45) is 2.94. The van der Waals surface area contributed by atoms with Crippen LogP contribution in [0.5, 0.6) is 0 Å². The van der Waals surface area contributed by atoms with E-state index in [1.807, 2.05) is 41.8 Å². The second kappa shape index (κ2) is 5.30. The van der Waals surface area contributed by atoms with Crippen LogP contribution < -0.4 is 4.90 Å². The molecule has 4 rings (SSSR count). The van der Waals surface area contributed by atoms with Crippen LogP contribution in [-0.2, 0) is 13.0 Å². The lowest BCUT2D eigenvalue weighted by Crippen LogP contribution is -2.30. The van der Waals surface area contributed by atoms with E-state index in [1.54, 1.807) is 0 Å². The molecule has 0 atom stereocenters. The lowest BCUT2D eigenvalue weighted by atomic mass is 10.1. The van der Waals surface area contributed by atoms with Gasteiger partial charge in [0, 0.05) is 23.2 Å². The molecule has 0 fully saturated rings. The number of anilines is 1. The van der Waals surface area contributed by atoms with Crippen molar-refractivity contribution in [2.24, 2.45) is 0 Å². The van der Waals surface area contributed by atoms with E-state index in [2.05, 4.69) is 33.5 Å². The van der Waals surface area contributed by atoms with E-state index in [0.717, 1.165) is 36.7 Å². The van der Waals surface area contributed by atoms with Crippen LogP contribution in [0.2, 0.25) is 0 Å². The Hall–Kier alpha value is -2.20. The zero-order chi connectivity index (χ0) is 14.1. The van der Waals surface area contributed by atoms with E-state index in [-0.39, 0.29) is 0 Å². The van der Waals surface area contributed by atoms with E-state index < -0.39 is 0 Å². The van der Waals surface area contributed by atoms with Gasteiger partial charge in [-0.2, -0.15) is 0 Å². The molecule has 3 heterocycles. The van der Waals surface area contributed by atoms with E-state index in [9.17, 15) is 0 Å². The van der Waals surface area contributed by atoms with Crippen molar-refractivity contribution in [2.45, 2.75) is 13.0 Å². The summed E-state index contributed by atoms with van der Waals surface area (Å²) in [7, 11) is 0. The van der Waals surface area contributed by atoms with Crippen LogP contribution in [-0.4, -0.2) is 16.5 Å². The van der Waals surface area contributed by atoms with E-state index in [1.165, 1.54) is 10.4 Å². The maximum atomic E-state index is 4.74. The number of hydrogen-bond acceptors (Lipinski definition) is 4. The SMILES string of the molecule is c1ccc(-c2ccnc(N3CCc4ccsc4C3)n2)cc1. The fourth-order valence-corrected chi connectivity index (χ4v) is 3.63. The normalized spacial score (nSPS) is 14.0. The Labute approximate surface area is 127 Å². The van der Waals surface area contributed by atoms with Gasteiger partial charge in [-0.1, -0.05) is 30.3 Å². The first-order valence-electron chi connectivity index (χ1n) is 7.09. The van der Waals surface area contributed by atoms with Crippen LogP contribution in [0, 0.1) is 0 Å². The zero-order valence-corrected chi connectivity index (χ0v) is 12.4. The first-order chi connectivity index (χ1) is 10.4. The zero-order valence-electron chi connectivity index (χ0n) is 11.6. The molecule has 1 aliphatic heterocycles. The molecule has 0 aliphatic carbocycles. The van der Waals surface area contributed by atoms with Gasteiger partial charge in [0.05, 0.1) is 12.2 Å². The molecule has 1 aromatic carbocycles. The largest absolute Gasteiger partial charge is 0.335 e. The van der Waals surface area contributed by atoms with Crippen molar-refractivity contribution < 1.29 is 0 Å². The molecule has 0 spiro atoms. The number of hydrogen-bond donors (Lipinski definition) is 0. The van der Waals surface area contributed by atoms with Crippen molar-refractivity contribution in [3.8, 4) is 11.3 Å². The molecule has 21 heavy (non-hydrogen) atoms. The van der Waals surface area contributed by atoms with Crippen LogP contribution in [0.1, 0.15) is 10.4 Å². The monoisotopic (exact) mass is 293 g/mol. The van der Waals surface area contributed by atoms with Gasteiger partial charge < -0.3 is 4.90 Å². The molecule has 4 heteroatoms. The molecule has 1 aliphatic rings. The summed E-state index contributed by atoms with van der Waals surface area (Å²) >= 11 is 1.83. The van der Waals surface area contributed by atoms with Gasteiger partial charge in [-0.05, 0) is 29.5 Å². The van der Waals surface area contributed by atoms with Crippen molar-refractivity contribution in [3.05, 3.63) is 64.5 Å². The van der Waals surface area contributed by atoms with Crippen LogP contribution in [0.25, 0.3) is 11.3 Å². The first kappa shape index (κ1) is 12.5. The van der Waals surface area contributed by atoms with Gasteiger partial charge in [0.25, 0.3) is 0 Å². The van der Waals surface area contributed by atoms with Crippen LogP contribution >= 0.6 is 11.3 Å². The lowest BCUT2D eigenvalue weighted by molar-refractivity contribution is 0.719. The summed E-state index contributed by atoms with van der Waals surface area (Å²) in [5, 5.41) is 2.18. The summed E-state index contributed by atoms with van der Waals surface area (Å²) in [5.41, 5.74) is 3.60. The van der Waals surface area contributed by atoms with Crippen molar-refractivity contribution in [1.82, 2.24) is 9.97 Å². The van der Waals surface area contributed by atoms with Crippen LogP contribution in [0.3, 0.4) is 0 Å².